The summed E-state index contributed by atoms with van der Waals surface area (Å²) in [4.78, 5) is 51.3. The van der Waals surface area contributed by atoms with E-state index in [1.165, 1.54) is 31.4 Å². The molecule has 0 saturated carbocycles. The largest absolute Gasteiger partial charge is 0.493 e. The lowest BCUT2D eigenvalue weighted by atomic mass is 10.2. The van der Waals surface area contributed by atoms with Crippen LogP contribution in [0.3, 0.4) is 0 Å². The van der Waals surface area contributed by atoms with E-state index in [1.807, 2.05) is 13.0 Å². The highest BCUT2D eigenvalue weighted by Crippen LogP contribution is 2.28. The van der Waals surface area contributed by atoms with E-state index in [4.69, 9.17) is 14.2 Å². The molecule has 0 aromatic heterocycles. The van der Waals surface area contributed by atoms with Crippen LogP contribution in [0.1, 0.15) is 35.7 Å². The molecule has 9 heteroatoms. The summed E-state index contributed by atoms with van der Waals surface area (Å²) in [6.07, 6.45) is 0.365. The minimum Gasteiger partial charge on any atom is -0.493 e. The van der Waals surface area contributed by atoms with Crippen LogP contribution in [0.2, 0.25) is 0 Å². The Labute approximate surface area is 191 Å². The van der Waals surface area contributed by atoms with Gasteiger partial charge in [-0.25, -0.2) is 4.79 Å². The zero-order valence-corrected chi connectivity index (χ0v) is 18.8. The zero-order valence-electron chi connectivity index (χ0n) is 18.8. The van der Waals surface area contributed by atoms with Crippen molar-refractivity contribution >= 4 is 29.4 Å². The van der Waals surface area contributed by atoms with Crippen molar-refractivity contribution in [3.05, 3.63) is 53.6 Å². The number of ether oxygens (including phenoxy) is 3. The van der Waals surface area contributed by atoms with Crippen LogP contribution in [0.15, 0.2) is 42.5 Å². The van der Waals surface area contributed by atoms with Crippen molar-refractivity contribution < 1.29 is 33.4 Å². The molecule has 0 spiro atoms. The highest BCUT2D eigenvalue weighted by atomic mass is 16.5. The first-order valence-corrected chi connectivity index (χ1v) is 10.5. The smallest absolute Gasteiger partial charge is 0.338 e. The monoisotopic (exact) mass is 454 g/mol. The van der Waals surface area contributed by atoms with Crippen molar-refractivity contribution in [2.75, 3.05) is 32.3 Å². The highest BCUT2D eigenvalue weighted by molar-refractivity contribution is 6.19. The van der Waals surface area contributed by atoms with Crippen LogP contribution in [0, 0.1) is 0 Å². The maximum atomic E-state index is 12.6. The Kier molecular flexibility index (Phi) is 7.66. The first-order valence-electron chi connectivity index (χ1n) is 10.5. The van der Waals surface area contributed by atoms with Crippen molar-refractivity contribution in [1.29, 1.82) is 0 Å². The number of carbonyl (C=O) groups is 4. The van der Waals surface area contributed by atoms with Crippen LogP contribution >= 0.6 is 0 Å². The molecule has 0 bridgehead atoms. The summed E-state index contributed by atoms with van der Waals surface area (Å²) in [5.41, 5.74) is 1.46. The maximum absolute atomic E-state index is 12.6. The van der Waals surface area contributed by atoms with Gasteiger partial charge in [-0.05, 0) is 48.9 Å². The molecule has 33 heavy (non-hydrogen) atoms. The van der Waals surface area contributed by atoms with Crippen LogP contribution < -0.4 is 14.4 Å². The van der Waals surface area contributed by atoms with Crippen LogP contribution in [-0.2, 0) is 25.7 Å². The molecule has 2 aromatic carbocycles. The van der Waals surface area contributed by atoms with Crippen molar-refractivity contribution in [1.82, 2.24) is 4.90 Å². The zero-order chi connectivity index (χ0) is 24.0. The molecule has 1 fully saturated rings. The van der Waals surface area contributed by atoms with Crippen LogP contribution in [0.5, 0.6) is 11.5 Å². The molecule has 1 aliphatic rings. The van der Waals surface area contributed by atoms with Crippen LogP contribution in [0.4, 0.5) is 5.69 Å². The summed E-state index contributed by atoms with van der Waals surface area (Å²) in [6, 6.07) is 11.3. The number of methoxy groups -OCH3 is 2. The fourth-order valence-electron chi connectivity index (χ4n) is 3.49. The molecule has 174 valence electrons. The molecule has 0 N–H and O–H groups in total. The van der Waals surface area contributed by atoms with E-state index in [2.05, 4.69) is 0 Å². The number of benzene rings is 2. The Morgan fingerprint density at radius 3 is 2.15 bits per heavy atom. The molecule has 0 aliphatic carbocycles. The number of anilines is 1. The molecule has 1 saturated heterocycles. The Morgan fingerprint density at radius 1 is 0.939 bits per heavy atom. The summed E-state index contributed by atoms with van der Waals surface area (Å²) in [6.45, 7) is 2.17. The summed E-state index contributed by atoms with van der Waals surface area (Å²) in [7, 11) is 3.09. The van der Waals surface area contributed by atoms with Crippen molar-refractivity contribution in [3.8, 4) is 11.5 Å². The minimum absolute atomic E-state index is 0.183. The maximum Gasteiger partial charge on any atom is 0.338 e. The van der Waals surface area contributed by atoms with E-state index >= 15 is 0 Å². The molecule has 3 rings (SSSR count). The van der Waals surface area contributed by atoms with Crippen molar-refractivity contribution in [2.45, 2.75) is 26.3 Å². The lowest BCUT2D eigenvalue weighted by Crippen LogP contribution is -2.34. The molecule has 1 aliphatic heterocycles. The number of nitrogens with zero attached hydrogens (tertiary/aromatic N) is 2. The van der Waals surface area contributed by atoms with Gasteiger partial charge in [-0.3, -0.25) is 19.3 Å². The van der Waals surface area contributed by atoms with Gasteiger partial charge in [0.15, 0.2) is 18.1 Å². The van der Waals surface area contributed by atoms with Crippen LogP contribution in [-0.4, -0.2) is 56.0 Å². The normalized spacial score (nSPS) is 13.1. The van der Waals surface area contributed by atoms with Crippen LogP contribution in [0.25, 0.3) is 0 Å². The van der Waals surface area contributed by atoms with Gasteiger partial charge in [0.2, 0.25) is 11.8 Å². The van der Waals surface area contributed by atoms with E-state index in [-0.39, 0.29) is 36.1 Å². The second-order valence-corrected chi connectivity index (χ2v) is 7.34. The number of esters is 1. The average Bonchev–Trinajstić information content (AvgIpc) is 3.18. The SMILES string of the molecule is CCN(Cc1ccc(OC)c(OC)c1)C(=O)COC(=O)c1ccc(N2C(=O)CCC2=O)cc1. The van der Waals surface area contributed by atoms with Gasteiger partial charge in [-0.15, -0.1) is 0 Å². The predicted octanol–water partition coefficient (Wildman–Crippen LogP) is 2.56. The summed E-state index contributed by atoms with van der Waals surface area (Å²) in [5, 5.41) is 0. The average molecular weight is 454 g/mol. The topological polar surface area (TPSA) is 102 Å². The highest BCUT2D eigenvalue weighted by Gasteiger charge is 2.30. The molecule has 3 amide bonds. The Balaban J connectivity index is 1.58. The molecule has 9 nitrogen and oxygen atoms in total. The number of amides is 3. The molecule has 2 aromatic rings. The number of rotatable bonds is 9. The molecular formula is C24H26N2O7. The fraction of sp³-hybridized carbons (Fsp3) is 0.333. The van der Waals surface area contributed by atoms with Gasteiger partial charge in [0.1, 0.15) is 0 Å². The number of hydrogen-bond acceptors (Lipinski definition) is 7. The van der Waals surface area contributed by atoms with Gasteiger partial charge < -0.3 is 19.1 Å². The Morgan fingerprint density at radius 2 is 1.58 bits per heavy atom. The van der Waals surface area contributed by atoms with Gasteiger partial charge in [-0.1, -0.05) is 6.07 Å². The lowest BCUT2D eigenvalue weighted by molar-refractivity contribution is -0.135. The van der Waals surface area contributed by atoms with Crippen molar-refractivity contribution in [3.63, 3.8) is 0 Å². The van der Waals surface area contributed by atoms with E-state index in [0.29, 0.717) is 30.3 Å². The van der Waals surface area contributed by atoms with E-state index in [1.54, 1.807) is 24.1 Å². The molecule has 0 atom stereocenters. The third-order valence-electron chi connectivity index (χ3n) is 5.30. The second-order valence-electron chi connectivity index (χ2n) is 7.34. The summed E-state index contributed by atoms with van der Waals surface area (Å²) < 4.78 is 15.7. The fourth-order valence-corrected chi connectivity index (χ4v) is 3.49. The second kappa shape index (κ2) is 10.6. The standard InChI is InChI=1S/C24H26N2O7/c1-4-25(14-16-5-10-19(31-2)20(13-16)32-3)23(29)15-33-24(30)17-6-8-18(9-7-17)26-21(27)11-12-22(26)28/h5-10,13H,4,11-12,14-15H2,1-3H3. The summed E-state index contributed by atoms with van der Waals surface area (Å²) >= 11 is 0. The van der Waals surface area contributed by atoms with E-state index in [0.717, 1.165) is 10.5 Å². The van der Waals surface area contributed by atoms with E-state index in [9.17, 15) is 19.2 Å². The first kappa shape index (κ1) is 23.8. The Hall–Kier alpha value is -3.88. The van der Waals surface area contributed by atoms with Gasteiger partial charge in [0, 0.05) is 25.9 Å². The van der Waals surface area contributed by atoms with Gasteiger partial charge in [0.05, 0.1) is 25.5 Å². The first-order chi connectivity index (χ1) is 15.9. The third-order valence-corrected chi connectivity index (χ3v) is 5.30. The van der Waals surface area contributed by atoms with Gasteiger partial charge >= 0.3 is 5.97 Å². The van der Waals surface area contributed by atoms with Gasteiger partial charge in [-0.2, -0.15) is 0 Å². The number of hydrogen-bond donors (Lipinski definition) is 0. The van der Waals surface area contributed by atoms with E-state index < -0.39 is 12.6 Å². The summed E-state index contributed by atoms with van der Waals surface area (Å²) in [5.74, 6) is -0.397. The minimum atomic E-state index is -0.670. The molecule has 1 heterocycles. The number of imide groups is 1. The van der Waals surface area contributed by atoms with Crippen molar-refractivity contribution in [2.24, 2.45) is 0 Å². The quantitative estimate of drug-likeness (QED) is 0.424. The molecule has 0 unspecified atom stereocenters. The number of likely N-dealkylation sites (N-methyl/N-ethyl adjacent to an activating group) is 1. The Bertz CT molecular complexity index is 1030. The van der Waals surface area contributed by atoms with Gasteiger partial charge in [0.25, 0.3) is 5.91 Å². The molecular weight excluding hydrogens is 428 g/mol. The third kappa shape index (κ3) is 5.49. The lowest BCUT2D eigenvalue weighted by Gasteiger charge is -2.21. The number of carbonyl (C=O) groups excluding carboxylic acids is 4. The molecule has 0 radical (unpaired) electrons. The predicted molar refractivity (Wildman–Crippen MR) is 119 cm³/mol.